The summed E-state index contributed by atoms with van der Waals surface area (Å²) in [5.41, 5.74) is 5.59. The lowest BCUT2D eigenvalue weighted by Gasteiger charge is -2.21. The highest BCUT2D eigenvalue weighted by Crippen LogP contribution is 2.41. The molecule has 8 nitrogen and oxygen atoms in total. The van der Waals surface area contributed by atoms with Gasteiger partial charge in [-0.25, -0.2) is 17.9 Å². The van der Waals surface area contributed by atoms with E-state index in [1.165, 1.54) is 12.1 Å². The molecule has 0 saturated heterocycles. The van der Waals surface area contributed by atoms with Crippen LogP contribution in [0.3, 0.4) is 0 Å². The van der Waals surface area contributed by atoms with E-state index in [-0.39, 0.29) is 4.90 Å². The van der Waals surface area contributed by atoms with Gasteiger partial charge >= 0.3 is 6.03 Å². The van der Waals surface area contributed by atoms with Crippen molar-refractivity contribution < 1.29 is 18.3 Å². The van der Waals surface area contributed by atoms with Crippen molar-refractivity contribution in [2.45, 2.75) is 62.9 Å². The molecule has 2 amide bonds. The minimum absolute atomic E-state index is 0.135. The predicted octanol–water partition coefficient (Wildman–Crippen LogP) is 4.34. The van der Waals surface area contributed by atoms with Crippen LogP contribution in [0, 0.1) is 11.3 Å². The molecule has 0 saturated carbocycles. The number of fused-ring (bicyclic) bond motifs is 2. The Morgan fingerprint density at radius 1 is 0.973 bits per heavy atom. The fraction of sp³-hybridized carbons (Fsp3) is 0.321. The second kappa shape index (κ2) is 9.29. The standard InChI is InChI=1S/C28H28N4O4S/c1-28(2,34)19-13-18(17-9-11-30-12-10-17)14-20(15-19)37(35,36)32-27(33)31-26-23-7-3-5-21(23)25(16-29)22-6-4-8-24(22)26/h9-15,34H,3-8H2,1-2H3,(H2,31,32,33). The molecule has 1 aromatic heterocycles. The summed E-state index contributed by atoms with van der Waals surface area (Å²) in [6.07, 6.45) is 8.02. The molecular formula is C28H28N4O4S. The summed E-state index contributed by atoms with van der Waals surface area (Å²) >= 11 is 0. The Labute approximate surface area is 216 Å². The number of carbonyl (C=O) groups excluding carboxylic acids is 1. The number of pyridine rings is 1. The van der Waals surface area contributed by atoms with Crippen LogP contribution in [-0.4, -0.2) is 24.5 Å². The van der Waals surface area contributed by atoms with Crippen molar-refractivity contribution in [2.24, 2.45) is 0 Å². The van der Waals surface area contributed by atoms with Crippen molar-refractivity contribution in [3.05, 3.63) is 76.1 Å². The average Bonchev–Trinajstić information content (AvgIpc) is 3.54. The van der Waals surface area contributed by atoms with Crippen molar-refractivity contribution >= 4 is 21.7 Å². The number of hydrogen-bond acceptors (Lipinski definition) is 6. The van der Waals surface area contributed by atoms with Gasteiger partial charge in [0, 0.05) is 18.1 Å². The predicted molar refractivity (Wildman–Crippen MR) is 139 cm³/mol. The number of nitrogens with zero attached hydrogens (tertiary/aromatic N) is 2. The maximum Gasteiger partial charge on any atom is 0.333 e. The van der Waals surface area contributed by atoms with Gasteiger partial charge in [-0.2, -0.15) is 5.26 Å². The van der Waals surface area contributed by atoms with Crippen LogP contribution in [0.15, 0.2) is 47.6 Å². The smallest absolute Gasteiger partial charge is 0.333 e. The number of anilines is 1. The van der Waals surface area contributed by atoms with E-state index >= 15 is 0 Å². The summed E-state index contributed by atoms with van der Waals surface area (Å²) in [5, 5.41) is 23.2. The van der Waals surface area contributed by atoms with Crippen LogP contribution < -0.4 is 10.0 Å². The van der Waals surface area contributed by atoms with Crippen molar-refractivity contribution in [3.63, 3.8) is 0 Å². The summed E-state index contributed by atoms with van der Waals surface area (Å²) < 4.78 is 28.9. The van der Waals surface area contributed by atoms with Gasteiger partial charge < -0.3 is 10.4 Å². The topological polar surface area (TPSA) is 132 Å². The summed E-state index contributed by atoms with van der Waals surface area (Å²) in [6, 6.07) is 9.55. The van der Waals surface area contributed by atoms with Gasteiger partial charge in [0.1, 0.15) is 0 Å². The molecule has 2 aliphatic rings. The second-order valence-electron chi connectivity index (χ2n) is 10.1. The van der Waals surface area contributed by atoms with Gasteiger partial charge in [0.05, 0.1) is 22.1 Å². The lowest BCUT2D eigenvalue weighted by atomic mass is 9.93. The number of urea groups is 1. The van der Waals surface area contributed by atoms with Crippen molar-refractivity contribution in [2.75, 3.05) is 5.32 Å². The zero-order valence-corrected chi connectivity index (χ0v) is 21.6. The molecule has 1 heterocycles. The van der Waals surface area contributed by atoms with Gasteiger partial charge in [0.2, 0.25) is 0 Å². The molecule has 0 atom stereocenters. The fourth-order valence-corrected chi connectivity index (χ4v) is 6.36. The normalized spacial score (nSPS) is 14.5. The number of hydrogen-bond donors (Lipinski definition) is 3. The molecule has 2 aliphatic carbocycles. The first kappa shape index (κ1) is 24.9. The number of carbonyl (C=O) groups is 1. The third-order valence-electron chi connectivity index (χ3n) is 7.16. The summed E-state index contributed by atoms with van der Waals surface area (Å²) in [4.78, 5) is 16.9. The molecule has 190 valence electrons. The number of aliphatic hydroxyl groups is 1. The highest BCUT2D eigenvalue weighted by Gasteiger charge is 2.30. The van der Waals surface area contributed by atoms with E-state index in [9.17, 15) is 23.6 Å². The zero-order chi connectivity index (χ0) is 26.4. The first-order chi connectivity index (χ1) is 17.6. The van der Waals surface area contributed by atoms with E-state index in [2.05, 4.69) is 21.1 Å². The molecular weight excluding hydrogens is 488 g/mol. The quantitative estimate of drug-likeness (QED) is 0.462. The van der Waals surface area contributed by atoms with Gasteiger partial charge in [0.15, 0.2) is 0 Å². The fourth-order valence-electron chi connectivity index (χ4n) is 5.38. The monoisotopic (exact) mass is 516 g/mol. The molecule has 0 unspecified atom stereocenters. The Kier molecular flexibility index (Phi) is 6.26. The Bertz CT molecular complexity index is 1520. The highest BCUT2D eigenvalue weighted by atomic mass is 32.2. The molecule has 0 radical (unpaired) electrons. The summed E-state index contributed by atoms with van der Waals surface area (Å²) in [7, 11) is -4.27. The van der Waals surface area contributed by atoms with Crippen LogP contribution in [0.4, 0.5) is 10.5 Å². The lowest BCUT2D eigenvalue weighted by Crippen LogP contribution is -2.35. The lowest BCUT2D eigenvalue weighted by molar-refractivity contribution is 0.0784. The van der Waals surface area contributed by atoms with Crippen LogP contribution >= 0.6 is 0 Å². The maximum absolute atomic E-state index is 13.4. The summed E-state index contributed by atoms with van der Waals surface area (Å²) in [6.45, 7) is 3.14. The molecule has 0 spiro atoms. The second-order valence-corrected chi connectivity index (χ2v) is 11.8. The van der Waals surface area contributed by atoms with Crippen molar-refractivity contribution in [1.29, 1.82) is 5.26 Å². The molecule has 0 aliphatic heterocycles. The minimum atomic E-state index is -4.27. The van der Waals surface area contributed by atoms with E-state index in [0.29, 0.717) is 16.8 Å². The summed E-state index contributed by atoms with van der Waals surface area (Å²) in [5.74, 6) is 0. The molecule has 9 heteroatoms. The van der Waals surface area contributed by atoms with Crippen LogP contribution in [0.1, 0.15) is 60.1 Å². The average molecular weight is 517 g/mol. The Morgan fingerprint density at radius 3 is 2.14 bits per heavy atom. The number of amides is 2. The number of benzene rings is 2. The number of rotatable bonds is 5. The van der Waals surface area contributed by atoms with Crippen molar-refractivity contribution in [3.8, 4) is 17.2 Å². The van der Waals surface area contributed by atoms with Gasteiger partial charge in [-0.15, -0.1) is 0 Å². The minimum Gasteiger partial charge on any atom is -0.386 e. The zero-order valence-electron chi connectivity index (χ0n) is 20.8. The van der Waals surface area contributed by atoms with Gasteiger partial charge in [0.25, 0.3) is 10.0 Å². The van der Waals surface area contributed by atoms with Crippen molar-refractivity contribution in [1.82, 2.24) is 9.71 Å². The Balaban J connectivity index is 1.49. The maximum atomic E-state index is 13.4. The molecule has 5 rings (SSSR count). The highest BCUT2D eigenvalue weighted by molar-refractivity contribution is 7.90. The van der Waals surface area contributed by atoms with Crippen LogP contribution in [0.5, 0.6) is 0 Å². The van der Waals surface area contributed by atoms with E-state index in [1.807, 2.05) is 0 Å². The third kappa shape index (κ3) is 4.70. The first-order valence-corrected chi connectivity index (χ1v) is 13.8. The number of nitriles is 1. The van der Waals surface area contributed by atoms with E-state index in [0.717, 1.165) is 71.9 Å². The van der Waals surface area contributed by atoms with E-state index < -0.39 is 21.7 Å². The van der Waals surface area contributed by atoms with E-state index in [4.69, 9.17) is 0 Å². The molecule has 3 N–H and O–H groups in total. The Morgan fingerprint density at radius 2 is 1.57 bits per heavy atom. The van der Waals surface area contributed by atoms with Gasteiger partial charge in [-0.05, 0) is 122 Å². The number of nitrogens with one attached hydrogen (secondary N) is 2. The molecule has 0 bridgehead atoms. The SMILES string of the molecule is CC(C)(O)c1cc(-c2ccncc2)cc(S(=O)(=O)NC(=O)Nc2c3c(c(C#N)c4c2CCC4)CCC3)c1. The molecule has 3 aromatic rings. The van der Waals surface area contributed by atoms with E-state index in [1.54, 1.807) is 44.4 Å². The van der Waals surface area contributed by atoms with Gasteiger partial charge in [-0.3, -0.25) is 4.98 Å². The molecule has 0 fully saturated rings. The Hall–Kier alpha value is -3.74. The molecule has 2 aromatic carbocycles. The van der Waals surface area contributed by atoms with Gasteiger partial charge in [-0.1, -0.05) is 0 Å². The first-order valence-electron chi connectivity index (χ1n) is 12.3. The number of aromatic nitrogens is 1. The third-order valence-corrected chi connectivity index (χ3v) is 8.47. The van der Waals surface area contributed by atoms with Crippen LogP contribution in [0.25, 0.3) is 11.1 Å². The molecule has 37 heavy (non-hydrogen) atoms. The largest absolute Gasteiger partial charge is 0.386 e. The number of sulfonamides is 1. The van der Waals surface area contributed by atoms with Crippen LogP contribution in [-0.2, 0) is 41.3 Å². The van der Waals surface area contributed by atoms with Crippen LogP contribution in [0.2, 0.25) is 0 Å².